The number of hydrogen-bond acceptors (Lipinski definition) is 6. The van der Waals surface area contributed by atoms with Crippen molar-refractivity contribution in [1.29, 1.82) is 0 Å². The van der Waals surface area contributed by atoms with E-state index in [1.807, 2.05) is 0 Å². The van der Waals surface area contributed by atoms with Crippen molar-refractivity contribution in [3.63, 3.8) is 0 Å². The second-order valence-corrected chi connectivity index (χ2v) is 7.59. The fourth-order valence-corrected chi connectivity index (χ4v) is 3.70. The van der Waals surface area contributed by atoms with Crippen LogP contribution < -0.4 is 14.4 Å². The van der Waals surface area contributed by atoms with E-state index in [0.29, 0.717) is 0 Å². The molecule has 0 fully saturated rings. The van der Waals surface area contributed by atoms with E-state index < -0.39 is 42.2 Å². The molecule has 12 heteroatoms. The quantitative estimate of drug-likeness (QED) is 0.404. The first-order valence-electron chi connectivity index (χ1n) is 10.3. The van der Waals surface area contributed by atoms with E-state index in [2.05, 4.69) is 14.5 Å². The highest BCUT2D eigenvalue weighted by molar-refractivity contribution is 6.06. The van der Waals surface area contributed by atoms with E-state index in [9.17, 15) is 36.2 Å². The number of anilines is 2. The number of aromatic nitrogens is 1. The molecule has 3 aromatic rings. The van der Waals surface area contributed by atoms with Crippen molar-refractivity contribution in [2.45, 2.75) is 19.1 Å². The van der Waals surface area contributed by atoms with Gasteiger partial charge in [-0.15, -0.1) is 26.3 Å². The zero-order valence-electron chi connectivity index (χ0n) is 18.1. The van der Waals surface area contributed by atoms with Crippen molar-refractivity contribution in [2.75, 3.05) is 11.4 Å². The minimum Gasteiger partial charge on any atom is -0.507 e. The number of ether oxygens (including phenoxy) is 2. The topological polar surface area (TPSA) is 71.9 Å². The maximum Gasteiger partial charge on any atom is 0.573 e. The number of fused-ring (bicyclic) bond motifs is 1. The molecule has 1 aromatic heterocycles. The van der Waals surface area contributed by atoms with Crippen LogP contribution >= 0.6 is 0 Å². The molecule has 0 aliphatic carbocycles. The Balaban J connectivity index is 1.69. The molecule has 0 radical (unpaired) electrons. The van der Waals surface area contributed by atoms with Gasteiger partial charge in [0.25, 0.3) is 0 Å². The summed E-state index contributed by atoms with van der Waals surface area (Å²) in [7, 11) is 0. The molecule has 1 aliphatic heterocycles. The largest absolute Gasteiger partial charge is 0.573 e. The number of pyridine rings is 1. The Hall–Kier alpha value is -4.22. The van der Waals surface area contributed by atoms with Crippen LogP contribution in [-0.2, 0) is 11.2 Å². The Bertz CT molecular complexity index is 1320. The van der Waals surface area contributed by atoms with Gasteiger partial charge in [0.2, 0.25) is 0 Å². The first kappa shape index (κ1) is 24.9. The molecule has 0 saturated heterocycles. The number of benzene rings is 2. The number of halogens is 6. The van der Waals surface area contributed by atoms with Crippen molar-refractivity contribution in [3.05, 3.63) is 83.6 Å². The van der Waals surface area contributed by atoms with Gasteiger partial charge >= 0.3 is 12.7 Å². The molecular formula is C24H16F6N2O4. The Morgan fingerprint density at radius 2 is 1.67 bits per heavy atom. The molecule has 2 aromatic carbocycles. The fraction of sp³-hybridized carbons (Fsp3) is 0.167. The molecule has 0 amide bonds. The number of nitrogens with zero attached hydrogens (tertiary/aromatic N) is 2. The van der Waals surface area contributed by atoms with E-state index in [1.54, 1.807) is 0 Å². The zero-order valence-corrected chi connectivity index (χ0v) is 18.1. The van der Waals surface area contributed by atoms with Crippen LogP contribution in [0.5, 0.6) is 11.5 Å². The number of hydrogen-bond donors (Lipinski definition) is 1. The van der Waals surface area contributed by atoms with Gasteiger partial charge < -0.3 is 19.5 Å². The van der Waals surface area contributed by atoms with Gasteiger partial charge in [-0.3, -0.25) is 4.79 Å². The maximum atomic E-state index is 13.2. The number of rotatable bonds is 6. The van der Waals surface area contributed by atoms with Crippen LogP contribution in [0.25, 0.3) is 5.76 Å². The Morgan fingerprint density at radius 1 is 0.944 bits per heavy atom. The van der Waals surface area contributed by atoms with Crippen LogP contribution in [0, 0.1) is 0 Å². The summed E-state index contributed by atoms with van der Waals surface area (Å²) in [6, 6.07) is 13.0. The van der Waals surface area contributed by atoms with Crippen LogP contribution in [0.4, 0.5) is 37.8 Å². The molecule has 0 unspecified atom stereocenters. The number of aliphatic hydroxyl groups is 1. The van der Waals surface area contributed by atoms with Crippen molar-refractivity contribution >= 4 is 23.0 Å². The summed E-state index contributed by atoms with van der Waals surface area (Å²) < 4.78 is 84.4. The van der Waals surface area contributed by atoms with Gasteiger partial charge in [0, 0.05) is 29.9 Å². The Labute approximate surface area is 200 Å². The van der Waals surface area contributed by atoms with Gasteiger partial charge in [0.15, 0.2) is 5.78 Å². The third-order valence-corrected chi connectivity index (χ3v) is 5.15. The lowest BCUT2D eigenvalue weighted by atomic mass is 9.95. The molecule has 1 N–H and O–H groups in total. The lowest BCUT2D eigenvalue weighted by molar-refractivity contribution is -0.275. The van der Waals surface area contributed by atoms with Crippen molar-refractivity contribution < 1.29 is 45.7 Å². The van der Waals surface area contributed by atoms with Gasteiger partial charge in [-0.2, -0.15) is 0 Å². The predicted octanol–water partition coefficient (Wildman–Crippen LogP) is 6.11. The monoisotopic (exact) mass is 510 g/mol. The number of ketones is 1. The van der Waals surface area contributed by atoms with E-state index in [0.717, 1.165) is 18.2 Å². The predicted molar refractivity (Wildman–Crippen MR) is 116 cm³/mol. The SMILES string of the molecule is O=C(Cc1ccccc1OC(F)(F)F)C1=C(O)c2cccnc2N(c2cccc(OC(F)(F)F)c2)C1. The Kier molecular flexibility index (Phi) is 6.53. The summed E-state index contributed by atoms with van der Waals surface area (Å²) in [4.78, 5) is 18.7. The molecule has 188 valence electrons. The molecular weight excluding hydrogens is 494 g/mol. The second kappa shape index (κ2) is 9.44. The molecule has 36 heavy (non-hydrogen) atoms. The average molecular weight is 510 g/mol. The van der Waals surface area contributed by atoms with Crippen LogP contribution in [-0.4, -0.2) is 35.1 Å². The van der Waals surface area contributed by atoms with Crippen LogP contribution in [0.15, 0.2) is 72.4 Å². The summed E-state index contributed by atoms with van der Waals surface area (Å²) in [5.74, 6) is -2.06. The highest BCUT2D eigenvalue weighted by Gasteiger charge is 2.34. The number of carbonyl (C=O) groups excluding carboxylic acids is 1. The summed E-state index contributed by atoms with van der Waals surface area (Å²) in [5, 5.41) is 10.8. The van der Waals surface area contributed by atoms with Crippen molar-refractivity contribution in [2.24, 2.45) is 0 Å². The summed E-state index contributed by atoms with van der Waals surface area (Å²) in [5.41, 5.74) is 0.0630. The van der Waals surface area contributed by atoms with Gasteiger partial charge in [0.1, 0.15) is 23.1 Å². The zero-order chi connectivity index (χ0) is 26.1. The normalized spacial score (nSPS) is 13.9. The van der Waals surface area contributed by atoms with Crippen LogP contribution in [0.2, 0.25) is 0 Å². The van der Waals surface area contributed by atoms with Gasteiger partial charge in [-0.25, -0.2) is 4.98 Å². The number of alkyl halides is 6. The number of para-hydroxylation sites is 1. The third-order valence-electron chi connectivity index (χ3n) is 5.15. The van der Waals surface area contributed by atoms with Crippen LogP contribution in [0.1, 0.15) is 11.1 Å². The fourth-order valence-electron chi connectivity index (χ4n) is 3.70. The molecule has 0 spiro atoms. The van der Waals surface area contributed by atoms with Crippen molar-refractivity contribution in [1.82, 2.24) is 4.98 Å². The highest BCUT2D eigenvalue weighted by Crippen LogP contribution is 2.39. The maximum absolute atomic E-state index is 13.2. The first-order valence-corrected chi connectivity index (χ1v) is 10.3. The number of Topliss-reactive ketones (excluding diaryl/α,β-unsaturated/α-hetero) is 1. The van der Waals surface area contributed by atoms with E-state index in [4.69, 9.17) is 0 Å². The van der Waals surface area contributed by atoms with E-state index >= 15 is 0 Å². The molecule has 1 aliphatic rings. The molecule has 0 atom stereocenters. The van der Waals surface area contributed by atoms with Gasteiger partial charge in [0.05, 0.1) is 17.7 Å². The molecule has 0 bridgehead atoms. The van der Waals surface area contributed by atoms with Gasteiger partial charge in [-0.05, 0) is 30.3 Å². The molecule has 0 saturated carbocycles. The smallest absolute Gasteiger partial charge is 0.507 e. The Morgan fingerprint density at radius 3 is 2.39 bits per heavy atom. The highest BCUT2D eigenvalue weighted by atomic mass is 19.4. The summed E-state index contributed by atoms with van der Waals surface area (Å²) in [6.07, 6.45) is -9.04. The minimum absolute atomic E-state index is 0.0655. The first-order chi connectivity index (χ1) is 16.9. The standard InChI is InChI=1S/C24H16F6N2O4/c25-23(26,27)35-16-7-3-6-15(12-16)32-13-18(21(34)17-8-4-10-31-22(17)32)19(33)11-14-5-1-2-9-20(14)36-24(28,29)30/h1-10,12,34H,11,13H2. The second-order valence-electron chi connectivity index (χ2n) is 7.59. The lowest BCUT2D eigenvalue weighted by Crippen LogP contribution is -2.30. The number of carbonyl (C=O) groups is 1. The summed E-state index contributed by atoms with van der Waals surface area (Å²) in [6.45, 7) is -0.313. The average Bonchev–Trinajstić information content (AvgIpc) is 2.79. The van der Waals surface area contributed by atoms with E-state index in [1.165, 1.54) is 53.6 Å². The van der Waals surface area contributed by atoms with Crippen molar-refractivity contribution in [3.8, 4) is 11.5 Å². The van der Waals surface area contributed by atoms with E-state index in [-0.39, 0.29) is 34.8 Å². The molecule has 6 nitrogen and oxygen atoms in total. The minimum atomic E-state index is -4.98. The number of aliphatic hydroxyl groups excluding tert-OH is 1. The molecule has 2 heterocycles. The molecule has 4 rings (SSSR count). The lowest BCUT2D eigenvalue weighted by Gasteiger charge is -2.31. The van der Waals surface area contributed by atoms with Gasteiger partial charge in [-0.1, -0.05) is 24.3 Å². The summed E-state index contributed by atoms with van der Waals surface area (Å²) >= 11 is 0. The third kappa shape index (κ3) is 5.70. The van der Waals surface area contributed by atoms with Crippen LogP contribution in [0.3, 0.4) is 0 Å².